The number of hydrogen-bond acceptors (Lipinski definition) is 6. The van der Waals surface area contributed by atoms with Crippen molar-refractivity contribution < 1.29 is 18.3 Å². The van der Waals surface area contributed by atoms with E-state index >= 15 is 0 Å². The van der Waals surface area contributed by atoms with Crippen LogP contribution in [0, 0.1) is 11.7 Å². The number of aromatic nitrogens is 2. The van der Waals surface area contributed by atoms with Crippen molar-refractivity contribution in [2.75, 3.05) is 23.8 Å². The number of alkyl halides is 2. The van der Waals surface area contributed by atoms with Crippen molar-refractivity contribution in [1.82, 2.24) is 15.3 Å². The van der Waals surface area contributed by atoms with Crippen LogP contribution < -0.4 is 20.7 Å². The Morgan fingerprint density at radius 3 is 2.63 bits per heavy atom. The van der Waals surface area contributed by atoms with Gasteiger partial charge in [0.2, 0.25) is 5.91 Å². The first-order valence-corrected chi connectivity index (χ1v) is 11.9. The molecule has 0 radical (unpaired) electrons. The van der Waals surface area contributed by atoms with Crippen LogP contribution in [0.3, 0.4) is 0 Å². The highest BCUT2D eigenvalue weighted by atomic mass is 35.5. The number of nitrogens with zero attached hydrogens (tertiary/aromatic N) is 2. The first-order valence-electron chi connectivity index (χ1n) is 11.1. The molecule has 0 aliphatic carbocycles. The lowest BCUT2D eigenvalue weighted by Gasteiger charge is -2.21. The molecule has 1 heterocycles. The highest BCUT2D eigenvalue weighted by Crippen LogP contribution is 2.34. The normalized spacial score (nSPS) is 13.0. The average molecular weight is 526 g/mol. The Hall–Kier alpha value is -2.75. The van der Waals surface area contributed by atoms with E-state index < -0.39 is 17.5 Å². The lowest BCUT2D eigenvalue weighted by molar-refractivity contribution is -0.118. The molecule has 2 atom stereocenters. The van der Waals surface area contributed by atoms with Gasteiger partial charge in [0.1, 0.15) is 23.7 Å². The van der Waals surface area contributed by atoms with Crippen LogP contribution in [-0.4, -0.2) is 40.7 Å². The van der Waals surface area contributed by atoms with E-state index in [2.05, 4.69) is 25.9 Å². The number of hydrogen-bond donors (Lipinski definition) is 3. The molecule has 0 saturated heterocycles. The quantitative estimate of drug-likeness (QED) is 0.264. The van der Waals surface area contributed by atoms with Gasteiger partial charge in [-0.2, -0.15) is 0 Å². The summed E-state index contributed by atoms with van der Waals surface area (Å²) in [6.07, 6.45) is 1.86. The standard InChI is InChI=1S/C24H27Cl2F2N5O2/c1-4-35-21-10-18-15(23(31-12-30-18)32-14-5-6-17(27)16(25)8-14)9-19(21)33-24(34)20(7-13(2)3)29-11-22(26)28/h5-6,8-10,12-13,20,22,29H,4,7,11H2,1-3H3,(H,33,34)(H,30,31,32)/t20-,22?/m1/s1. The number of amides is 1. The molecule has 3 N–H and O–H groups in total. The van der Waals surface area contributed by atoms with Crippen molar-refractivity contribution >= 4 is 57.2 Å². The largest absolute Gasteiger partial charge is 0.492 e. The van der Waals surface area contributed by atoms with Crippen molar-refractivity contribution in [2.24, 2.45) is 5.92 Å². The minimum atomic E-state index is -1.61. The third-order valence-electron chi connectivity index (χ3n) is 5.02. The molecule has 1 unspecified atom stereocenters. The fraction of sp³-hybridized carbons (Fsp3) is 0.375. The first kappa shape index (κ1) is 26.8. The summed E-state index contributed by atoms with van der Waals surface area (Å²) in [5.74, 6) is 0.144. The van der Waals surface area contributed by atoms with Crippen molar-refractivity contribution in [1.29, 1.82) is 0 Å². The van der Waals surface area contributed by atoms with E-state index in [-0.39, 0.29) is 23.4 Å². The number of ether oxygens (including phenoxy) is 1. The van der Waals surface area contributed by atoms with Gasteiger partial charge in [0.25, 0.3) is 0 Å². The summed E-state index contributed by atoms with van der Waals surface area (Å²) >= 11 is 11.3. The molecule has 35 heavy (non-hydrogen) atoms. The van der Waals surface area contributed by atoms with E-state index in [1.165, 1.54) is 24.5 Å². The fourth-order valence-corrected chi connectivity index (χ4v) is 3.74. The van der Waals surface area contributed by atoms with E-state index in [0.29, 0.717) is 46.9 Å². The van der Waals surface area contributed by atoms with Crippen LogP contribution in [0.5, 0.6) is 5.75 Å². The molecular formula is C24H27Cl2F2N5O2. The summed E-state index contributed by atoms with van der Waals surface area (Å²) < 4.78 is 32.5. The number of benzene rings is 2. The molecule has 0 bridgehead atoms. The van der Waals surface area contributed by atoms with Crippen LogP contribution >= 0.6 is 23.2 Å². The first-order chi connectivity index (χ1) is 16.7. The molecule has 1 amide bonds. The second kappa shape index (κ2) is 12.3. The van der Waals surface area contributed by atoms with Crippen LogP contribution in [0.1, 0.15) is 27.2 Å². The lowest BCUT2D eigenvalue weighted by atomic mass is 10.0. The zero-order chi connectivity index (χ0) is 25.5. The predicted molar refractivity (Wildman–Crippen MR) is 136 cm³/mol. The summed E-state index contributed by atoms with van der Waals surface area (Å²) in [5, 5.41) is 9.41. The Balaban J connectivity index is 1.96. The molecule has 0 spiro atoms. The van der Waals surface area contributed by atoms with Gasteiger partial charge in [-0.3, -0.25) is 4.79 Å². The lowest BCUT2D eigenvalue weighted by Crippen LogP contribution is -2.43. The van der Waals surface area contributed by atoms with Crippen molar-refractivity contribution in [3.05, 3.63) is 47.5 Å². The van der Waals surface area contributed by atoms with Gasteiger partial charge >= 0.3 is 0 Å². The van der Waals surface area contributed by atoms with E-state index in [9.17, 15) is 13.6 Å². The van der Waals surface area contributed by atoms with Crippen LogP contribution in [0.2, 0.25) is 5.02 Å². The third-order valence-corrected chi connectivity index (χ3v) is 5.46. The summed E-state index contributed by atoms with van der Waals surface area (Å²) in [5.41, 5.74) is -0.115. The Morgan fingerprint density at radius 1 is 1.20 bits per heavy atom. The molecule has 2 aromatic carbocycles. The molecule has 188 valence electrons. The molecule has 0 fully saturated rings. The zero-order valence-electron chi connectivity index (χ0n) is 19.5. The number of rotatable bonds is 11. The number of nitrogens with one attached hydrogen (secondary N) is 3. The van der Waals surface area contributed by atoms with Crippen LogP contribution in [0.15, 0.2) is 36.7 Å². The van der Waals surface area contributed by atoms with Gasteiger partial charge in [0, 0.05) is 23.7 Å². The van der Waals surface area contributed by atoms with Crippen molar-refractivity contribution in [2.45, 2.75) is 38.9 Å². The molecular weight excluding hydrogens is 499 g/mol. The van der Waals surface area contributed by atoms with Crippen LogP contribution in [-0.2, 0) is 4.79 Å². The fourth-order valence-electron chi connectivity index (χ4n) is 3.47. The minimum Gasteiger partial charge on any atom is -0.492 e. The Morgan fingerprint density at radius 2 is 1.97 bits per heavy atom. The minimum absolute atomic E-state index is 0.0314. The van der Waals surface area contributed by atoms with Gasteiger partial charge in [0.15, 0.2) is 5.63 Å². The third kappa shape index (κ3) is 7.37. The summed E-state index contributed by atoms with van der Waals surface area (Å²) in [6.45, 7) is 5.96. The van der Waals surface area contributed by atoms with Gasteiger partial charge in [-0.05, 0) is 43.5 Å². The number of halogens is 4. The van der Waals surface area contributed by atoms with Crippen LogP contribution in [0.4, 0.5) is 26.0 Å². The van der Waals surface area contributed by atoms with E-state index in [1.54, 1.807) is 12.1 Å². The van der Waals surface area contributed by atoms with Gasteiger partial charge < -0.3 is 20.7 Å². The van der Waals surface area contributed by atoms with E-state index in [1.807, 2.05) is 20.8 Å². The Bertz CT molecular complexity index is 1180. The van der Waals surface area contributed by atoms with Crippen LogP contribution in [0.25, 0.3) is 10.9 Å². The molecule has 3 aromatic rings. The van der Waals surface area contributed by atoms with Crippen molar-refractivity contribution in [3.8, 4) is 5.75 Å². The summed E-state index contributed by atoms with van der Waals surface area (Å²) in [6, 6.07) is 6.95. The van der Waals surface area contributed by atoms with E-state index in [0.717, 1.165) is 0 Å². The maximum absolute atomic E-state index is 13.6. The molecule has 11 heteroatoms. The highest BCUT2D eigenvalue weighted by Gasteiger charge is 2.22. The molecule has 7 nitrogen and oxygen atoms in total. The molecule has 1 aromatic heterocycles. The van der Waals surface area contributed by atoms with Gasteiger partial charge in [-0.1, -0.05) is 37.0 Å². The maximum atomic E-state index is 13.6. The maximum Gasteiger partial charge on any atom is 0.241 e. The summed E-state index contributed by atoms with van der Waals surface area (Å²) in [4.78, 5) is 21.7. The second-order valence-corrected chi connectivity index (χ2v) is 9.13. The second-order valence-electron chi connectivity index (χ2n) is 8.25. The summed E-state index contributed by atoms with van der Waals surface area (Å²) in [7, 11) is 0. The van der Waals surface area contributed by atoms with E-state index in [4.69, 9.17) is 27.9 Å². The molecule has 3 rings (SSSR count). The topological polar surface area (TPSA) is 88.2 Å². The van der Waals surface area contributed by atoms with Gasteiger partial charge in [0.05, 0.1) is 28.9 Å². The monoisotopic (exact) mass is 525 g/mol. The molecule has 0 aliphatic rings. The SMILES string of the molecule is CCOc1cc2ncnc(Nc3ccc(F)c(Cl)c3)c2cc1NC(=O)[C@@H](CC(C)C)NCC(F)Cl. The zero-order valence-corrected chi connectivity index (χ0v) is 21.1. The van der Waals surface area contributed by atoms with Gasteiger partial charge in [-0.15, -0.1) is 0 Å². The highest BCUT2D eigenvalue weighted by molar-refractivity contribution is 6.31. The number of anilines is 3. The Kier molecular flexibility index (Phi) is 9.42. The predicted octanol–water partition coefficient (Wildman–Crippen LogP) is 6.04. The number of fused-ring (bicyclic) bond motifs is 1. The number of carbonyl (C=O) groups excluding carboxylic acids is 1. The van der Waals surface area contributed by atoms with Gasteiger partial charge in [-0.25, -0.2) is 18.7 Å². The smallest absolute Gasteiger partial charge is 0.241 e. The average Bonchev–Trinajstić information content (AvgIpc) is 2.79. The molecule has 0 aliphatic heterocycles. The molecule has 0 saturated carbocycles. The van der Waals surface area contributed by atoms with Crippen molar-refractivity contribution in [3.63, 3.8) is 0 Å². The number of carbonyl (C=O) groups is 1. The Labute approximate surface area is 212 Å².